The number of nitrogens with zero attached hydrogens (tertiary/aromatic N) is 5. The lowest BCUT2D eigenvalue weighted by atomic mass is 10.1. The van der Waals surface area contributed by atoms with E-state index in [0.717, 1.165) is 5.39 Å². The van der Waals surface area contributed by atoms with Gasteiger partial charge >= 0.3 is 0 Å². The van der Waals surface area contributed by atoms with E-state index < -0.39 is 0 Å². The van der Waals surface area contributed by atoms with Crippen LogP contribution in [-0.2, 0) is 0 Å². The molecule has 0 aliphatic carbocycles. The molecule has 2 aromatic carbocycles. The maximum Gasteiger partial charge on any atom is 0.203 e. The van der Waals surface area contributed by atoms with E-state index in [1.165, 1.54) is 24.8 Å². The Morgan fingerprint density at radius 3 is 2.78 bits per heavy atom. The van der Waals surface area contributed by atoms with Gasteiger partial charge in [-0.05, 0) is 29.7 Å². The predicted octanol–water partition coefficient (Wildman–Crippen LogP) is 3.33. The number of rotatable bonds is 2. The molecule has 0 spiro atoms. The van der Waals surface area contributed by atoms with E-state index in [1.807, 2.05) is 0 Å². The highest BCUT2D eigenvalue weighted by atomic mass is 16.3. The lowest BCUT2D eigenvalue weighted by molar-refractivity contribution is 0.474. The Hall–Kier alpha value is -3.55. The van der Waals surface area contributed by atoms with Gasteiger partial charge in [0.15, 0.2) is 5.65 Å². The minimum atomic E-state index is -0.0122. The van der Waals surface area contributed by atoms with Crippen molar-refractivity contribution >= 4 is 33.4 Å². The van der Waals surface area contributed by atoms with Crippen molar-refractivity contribution < 1.29 is 10.2 Å². The van der Waals surface area contributed by atoms with Crippen molar-refractivity contribution in [3.63, 3.8) is 0 Å². The molecule has 2 aromatic heterocycles. The number of hydrogen-bond donors (Lipinski definition) is 3. The third-order valence-electron chi connectivity index (χ3n) is 3.40. The van der Waals surface area contributed by atoms with Gasteiger partial charge in [-0.3, -0.25) is 0 Å². The second-order valence-electron chi connectivity index (χ2n) is 4.84. The smallest absolute Gasteiger partial charge is 0.203 e. The molecule has 0 aliphatic rings. The molecule has 0 saturated heterocycles. The zero-order chi connectivity index (χ0) is 15.8. The number of benzene rings is 2. The van der Waals surface area contributed by atoms with Crippen molar-refractivity contribution in [1.29, 1.82) is 0 Å². The summed E-state index contributed by atoms with van der Waals surface area (Å²) < 4.78 is 0. The zero-order valence-electron chi connectivity index (χ0n) is 11.7. The van der Waals surface area contributed by atoms with Crippen molar-refractivity contribution in [3.8, 4) is 11.5 Å². The molecule has 112 valence electrons. The lowest BCUT2D eigenvalue weighted by Gasteiger charge is -2.04. The Kier molecular flexibility index (Phi) is 2.87. The lowest BCUT2D eigenvalue weighted by Crippen LogP contribution is -1.81. The summed E-state index contributed by atoms with van der Waals surface area (Å²) in [5, 5.41) is 29.2. The van der Waals surface area contributed by atoms with Gasteiger partial charge in [0.05, 0.1) is 6.33 Å². The van der Waals surface area contributed by atoms with Crippen molar-refractivity contribution in [2.75, 3.05) is 0 Å². The quantitative estimate of drug-likeness (QED) is 0.491. The van der Waals surface area contributed by atoms with Gasteiger partial charge in [-0.15, -0.1) is 10.2 Å². The van der Waals surface area contributed by atoms with Crippen LogP contribution in [0.5, 0.6) is 11.5 Å². The normalized spacial score (nSPS) is 11.7. The van der Waals surface area contributed by atoms with Crippen LogP contribution in [0.3, 0.4) is 0 Å². The summed E-state index contributed by atoms with van der Waals surface area (Å²) in [6.45, 7) is 0. The van der Waals surface area contributed by atoms with Crippen LogP contribution in [0.4, 0.5) is 11.5 Å². The largest absolute Gasteiger partial charge is 0.508 e. The molecular formula is C15H10N6O2. The Morgan fingerprint density at radius 1 is 0.957 bits per heavy atom. The van der Waals surface area contributed by atoms with E-state index in [1.54, 1.807) is 18.2 Å². The maximum atomic E-state index is 10.1. The number of hydrogen-bond acceptors (Lipinski definition) is 7. The number of aromatic nitrogens is 4. The molecule has 0 fully saturated rings. The molecule has 0 radical (unpaired) electrons. The number of imidazole rings is 1. The average molecular weight is 306 g/mol. The Morgan fingerprint density at radius 2 is 1.87 bits per heavy atom. The van der Waals surface area contributed by atoms with Gasteiger partial charge < -0.3 is 15.2 Å². The van der Waals surface area contributed by atoms with Gasteiger partial charge in [0.25, 0.3) is 0 Å². The SMILES string of the molecule is Oc1ccc2c(N=Nc3ncnc4nc[nH]c34)c(O)ccc2c1. The summed E-state index contributed by atoms with van der Waals surface area (Å²) >= 11 is 0. The first kappa shape index (κ1) is 13.1. The first-order valence-corrected chi connectivity index (χ1v) is 6.73. The topological polar surface area (TPSA) is 120 Å². The number of aromatic hydroxyl groups is 2. The fourth-order valence-electron chi connectivity index (χ4n) is 2.32. The highest BCUT2D eigenvalue weighted by Gasteiger charge is 2.09. The van der Waals surface area contributed by atoms with Crippen LogP contribution in [0.25, 0.3) is 21.9 Å². The Labute approximate surface area is 129 Å². The molecule has 8 nitrogen and oxygen atoms in total. The van der Waals surface area contributed by atoms with Crippen LogP contribution in [0.15, 0.2) is 53.2 Å². The maximum absolute atomic E-state index is 10.1. The molecule has 2 heterocycles. The third-order valence-corrected chi connectivity index (χ3v) is 3.40. The molecule has 0 unspecified atom stereocenters. The highest BCUT2D eigenvalue weighted by Crippen LogP contribution is 2.37. The molecule has 23 heavy (non-hydrogen) atoms. The van der Waals surface area contributed by atoms with Crippen molar-refractivity contribution in [2.24, 2.45) is 10.2 Å². The van der Waals surface area contributed by atoms with Crippen molar-refractivity contribution in [2.45, 2.75) is 0 Å². The van der Waals surface area contributed by atoms with E-state index in [-0.39, 0.29) is 11.5 Å². The summed E-state index contributed by atoms with van der Waals surface area (Å²) in [6, 6.07) is 7.98. The first-order chi connectivity index (χ1) is 11.2. The molecular weight excluding hydrogens is 296 g/mol. The Balaban J connectivity index is 1.86. The molecule has 3 N–H and O–H groups in total. The number of nitrogens with one attached hydrogen (secondary N) is 1. The summed E-state index contributed by atoms with van der Waals surface area (Å²) in [7, 11) is 0. The Bertz CT molecular complexity index is 1060. The molecule has 0 amide bonds. The van der Waals surface area contributed by atoms with Gasteiger partial charge in [-0.1, -0.05) is 6.07 Å². The van der Waals surface area contributed by atoms with Gasteiger partial charge in [0, 0.05) is 5.39 Å². The fraction of sp³-hybridized carbons (Fsp3) is 0. The van der Waals surface area contributed by atoms with Crippen LogP contribution >= 0.6 is 0 Å². The van der Waals surface area contributed by atoms with E-state index in [0.29, 0.717) is 28.1 Å². The minimum Gasteiger partial charge on any atom is -0.508 e. The molecule has 0 aliphatic heterocycles. The van der Waals surface area contributed by atoms with Gasteiger partial charge in [0.2, 0.25) is 5.82 Å². The monoisotopic (exact) mass is 306 g/mol. The predicted molar refractivity (Wildman–Crippen MR) is 83.1 cm³/mol. The third kappa shape index (κ3) is 2.22. The second-order valence-corrected chi connectivity index (χ2v) is 4.84. The number of fused-ring (bicyclic) bond motifs is 2. The van der Waals surface area contributed by atoms with E-state index in [2.05, 4.69) is 30.2 Å². The molecule has 0 atom stereocenters. The molecule has 0 saturated carbocycles. The molecule has 0 bridgehead atoms. The van der Waals surface area contributed by atoms with Crippen molar-refractivity contribution in [3.05, 3.63) is 43.0 Å². The molecule has 4 rings (SSSR count). The van der Waals surface area contributed by atoms with Crippen LogP contribution in [0.2, 0.25) is 0 Å². The zero-order valence-corrected chi connectivity index (χ0v) is 11.7. The summed E-state index contributed by atoms with van der Waals surface area (Å²) in [6.07, 6.45) is 2.84. The van der Waals surface area contributed by atoms with Crippen molar-refractivity contribution in [1.82, 2.24) is 19.9 Å². The van der Waals surface area contributed by atoms with E-state index >= 15 is 0 Å². The molecule has 8 heteroatoms. The van der Waals surface area contributed by atoms with Crippen LogP contribution in [-0.4, -0.2) is 30.1 Å². The van der Waals surface area contributed by atoms with Crippen LogP contribution < -0.4 is 0 Å². The highest BCUT2D eigenvalue weighted by molar-refractivity contribution is 5.96. The average Bonchev–Trinajstić information content (AvgIpc) is 3.03. The standard InChI is InChI=1S/C15H10N6O2/c22-9-2-3-10-8(5-9)1-4-11(23)12(10)20-21-15-13-14(17-6-16-13)18-7-19-15/h1-7,22-23H,(H,16,17,18,19). The number of phenolic OH excluding ortho intramolecular Hbond substituents is 2. The number of aromatic amines is 1. The second kappa shape index (κ2) is 5.02. The first-order valence-electron chi connectivity index (χ1n) is 6.73. The summed E-state index contributed by atoms with van der Waals surface area (Å²) in [5.74, 6) is 0.450. The van der Waals surface area contributed by atoms with Crippen LogP contribution in [0.1, 0.15) is 0 Å². The van der Waals surface area contributed by atoms with Gasteiger partial charge in [-0.25, -0.2) is 15.0 Å². The molecule has 4 aromatic rings. The van der Waals surface area contributed by atoms with E-state index in [9.17, 15) is 10.2 Å². The number of azo groups is 1. The van der Waals surface area contributed by atoms with Gasteiger partial charge in [-0.2, -0.15) is 0 Å². The number of phenols is 2. The summed E-state index contributed by atoms with van der Waals surface area (Å²) in [5.41, 5.74) is 1.35. The minimum absolute atomic E-state index is 0.0122. The number of H-pyrrole nitrogens is 1. The van der Waals surface area contributed by atoms with Crippen LogP contribution in [0, 0.1) is 0 Å². The fourth-order valence-corrected chi connectivity index (χ4v) is 2.32. The summed E-state index contributed by atoms with van der Waals surface area (Å²) in [4.78, 5) is 15.0. The van der Waals surface area contributed by atoms with E-state index in [4.69, 9.17) is 0 Å². The van der Waals surface area contributed by atoms with Gasteiger partial charge in [0.1, 0.15) is 29.0 Å².